The van der Waals surface area contributed by atoms with Crippen molar-refractivity contribution in [3.63, 3.8) is 0 Å². The Morgan fingerprint density at radius 2 is 1.18 bits per heavy atom. The average Bonchev–Trinajstić information content (AvgIpc) is 1.69. The van der Waals surface area contributed by atoms with E-state index >= 15 is 0 Å². The molecule has 0 bridgehead atoms. The van der Waals surface area contributed by atoms with Gasteiger partial charge < -0.3 is 0 Å². The van der Waals surface area contributed by atoms with E-state index in [9.17, 15) is 0 Å². The minimum Gasteiger partial charge on any atom is -0.199 e. The Kier molecular flexibility index (Phi) is 27.3. The van der Waals surface area contributed by atoms with Crippen LogP contribution >= 0.6 is 37.2 Å². The van der Waals surface area contributed by atoms with E-state index in [1.54, 1.807) is 0 Å². The fourth-order valence-corrected chi connectivity index (χ4v) is 0.478. The van der Waals surface area contributed by atoms with Crippen molar-refractivity contribution in [1.82, 2.24) is 0 Å². The molecule has 0 saturated carbocycles. The maximum absolute atomic E-state index is 3.72. The maximum Gasteiger partial charge on any atom is 0 e. The van der Waals surface area contributed by atoms with Gasteiger partial charge in [-0.3, -0.25) is 0 Å². The van der Waals surface area contributed by atoms with Crippen LogP contribution in [-0.2, 0) is 21.7 Å². The zero-order valence-electron chi connectivity index (χ0n) is 5.82. The summed E-state index contributed by atoms with van der Waals surface area (Å²) in [5, 5.41) is 0. The molecule has 1 aromatic carbocycles. The minimum absolute atomic E-state index is 0. The molecule has 0 spiro atoms. The molecule has 0 aliphatic carbocycles. The second-order valence-corrected chi connectivity index (χ2v) is 1.49. The summed E-state index contributed by atoms with van der Waals surface area (Å²) < 4.78 is 0. The third kappa shape index (κ3) is 10.7. The molecule has 4 heteroatoms. The van der Waals surface area contributed by atoms with Gasteiger partial charge >= 0.3 is 0 Å². The molecule has 0 aromatic heterocycles. The molecule has 1 aromatic rings. The Labute approximate surface area is 101 Å². The van der Waals surface area contributed by atoms with Crippen LogP contribution in [0.5, 0.6) is 0 Å². The summed E-state index contributed by atoms with van der Waals surface area (Å²) in [6.07, 6.45) is 0. The molecule has 0 atom stereocenters. The number of hydrogen-bond donors (Lipinski definition) is 0. The number of halogens is 3. The van der Waals surface area contributed by atoms with Crippen molar-refractivity contribution < 1.29 is 21.7 Å². The largest absolute Gasteiger partial charge is 0.199 e. The van der Waals surface area contributed by atoms with E-state index in [4.69, 9.17) is 0 Å². The summed E-state index contributed by atoms with van der Waals surface area (Å²) in [6, 6.07) is 9.87. The van der Waals surface area contributed by atoms with Crippen molar-refractivity contribution in [3.8, 4) is 0 Å². The zero-order chi connectivity index (χ0) is 5.11. The molecule has 0 saturated heterocycles. The van der Waals surface area contributed by atoms with E-state index in [1.165, 1.54) is 0 Å². The van der Waals surface area contributed by atoms with Crippen LogP contribution in [0.25, 0.3) is 0 Å². The van der Waals surface area contributed by atoms with E-state index in [1.807, 2.05) is 30.3 Å². The Morgan fingerprint density at radius 1 is 0.818 bits per heavy atom. The van der Waals surface area contributed by atoms with E-state index in [2.05, 4.69) is 6.92 Å². The average molecular weight is 248 g/mol. The summed E-state index contributed by atoms with van der Waals surface area (Å²) in [6.45, 7) is 3.72. The molecule has 0 heterocycles. The quantitative estimate of drug-likeness (QED) is 0.489. The molecular weight excluding hydrogens is 238 g/mol. The summed E-state index contributed by atoms with van der Waals surface area (Å²) in [4.78, 5) is 0. The normalized spacial score (nSPS) is 5.45. The van der Waals surface area contributed by atoms with E-state index in [-0.39, 0.29) is 58.9 Å². The SMILES string of the molecule is Cl.Cl.Cl.[CH2-]c1ccccc1.[Ti]. The molecule has 1 rings (SSSR count). The first-order valence-corrected chi connectivity index (χ1v) is 2.26. The summed E-state index contributed by atoms with van der Waals surface area (Å²) in [7, 11) is 0. The van der Waals surface area contributed by atoms with Crippen molar-refractivity contribution in [2.24, 2.45) is 0 Å². The summed E-state index contributed by atoms with van der Waals surface area (Å²) >= 11 is 0. The van der Waals surface area contributed by atoms with Crippen LogP contribution in [0.15, 0.2) is 30.3 Å². The van der Waals surface area contributed by atoms with Gasteiger partial charge in [0.2, 0.25) is 0 Å². The fraction of sp³-hybridized carbons (Fsp3) is 0. The molecule has 0 radical (unpaired) electrons. The first-order valence-electron chi connectivity index (χ1n) is 2.26. The van der Waals surface area contributed by atoms with Crippen LogP contribution in [0, 0.1) is 6.92 Å². The predicted molar refractivity (Wildman–Crippen MR) is 52.6 cm³/mol. The molecule has 0 unspecified atom stereocenters. The molecule has 11 heavy (non-hydrogen) atoms. The Hall–Kier alpha value is 0.674. The van der Waals surface area contributed by atoms with Gasteiger partial charge in [-0.2, -0.15) is 24.6 Å². The van der Waals surface area contributed by atoms with Crippen molar-refractivity contribution in [1.29, 1.82) is 0 Å². The topological polar surface area (TPSA) is 0 Å². The van der Waals surface area contributed by atoms with Gasteiger partial charge in [0.25, 0.3) is 0 Å². The van der Waals surface area contributed by atoms with Gasteiger partial charge in [0.1, 0.15) is 0 Å². The Morgan fingerprint density at radius 3 is 1.36 bits per heavy atom. The standard InChI is InChI=1S/C7H7.3ClH.Ti/c1-7-5-3-2-4-6-7;;;;/h2-6H,1H2;3*1H;/q-1;;;;. The first-order chi connectivity index (χ1) is 3.39. The third-order valence-corrected chi connectivity index (χ3v) is 0.843. The molecular formula is C7H10Cl3Ti-. The fourth-order valence-electron chi connectivity index (χ4n) is 0.478. The van der Waals surface area contributed by atoms with Crippen LogP contribution in [0.1, 0.15) is 5.56 Å². The maximum atomic E-state index is 3.72. The van der Waals surface area contributed by atoms with Gasteiger partial charge in [0, 0.05) is 21.7 Å². The monoisotopic (exact) mass is 247 g/mol. The number of benzene rings is 1. The van der Waals surface area contributed by atoms with Gasteiger partial charge in [-0.25, -0.2) is 0 Å². The van der Waals surface area contributed by atoms with Crippen LogP contribution < -0.4 is 0 Å². The van der Waals surface area contributed by atoms with Gasteiger partial charge in [-0.15, -0.1) is 49.4 Å². The third-order valence-electron chi connectivity index (χ3n) is 0.843. The van der Waals surface area contributed by atoms with Crippen LogP contribution in [-0.4, -0.2) is 0 Å². The second kappa shape index (κ2) is 13.3. The van der Waals surface area contributed by atoms with Crippen molar-refractivity contribution in [2.75, 3.05) is 0 Å². The molecule has 0 aliphatic rings. The summed E-state index contributed by atoms with van der Waals surface area (Å²) in [5.74, 6) is 0. The molecule has 0 aliphatic heterocycles. The second-order valence-electron chi connectivity index (χ2n) is 1.49. The predicted octanol–water partition coefficient (Wildman–Crippen LogP) is 3.13. The smallest absolute Gasteiger partial charge is 0 e. The van der Waals surface area contributed by atoms with Crippen LogP contribution in [0.4, 0.5) is 0 Å². The molecule has 64 valence electrons. The van der Waals surface area contributed by atoms with Crippen LogP contribution in [0.3, 0.4) is 0 Å². The number of hydrogen-bond acceptors (Lipinski definition) is 0. The minimum atomic E-state index is 0. The zero-order valence-corrected chi connectivity index (χ0v) is 9.83. The van der Waals surface area contributed by atoms with Gasteiger partial charge in [-0.05, 0) is 0 Å². The number of rotatable bonds is 0. The van der Waals surface area contributed by atoms with Crippen LogP contribution in [0.2, 0.25) is 0 Å². The van der Waals surface area contributed by atoms with E-state index in [0.29, 0.717) is 0 Å². The molecule has 0 amide bonds. The summed E-state index contributed by atoms with van der Waals surface area (Å²) in [5.41, 5.74) is 1.07. The molecule has 0 fully saturated rings. The van der Waals surface area contributed by atoms with Crippen molar-refractivity contribution >= 4 is 37.2 Å². The van der Waals surface area contributed by atoms with Gasteiger partial charge in [0.05, 0.1) is 0 Å². The van der Waals surface area contributed by atoms with Gasteiger partial charge in [-0.1, -0.05) is 6.07 Å². The first kappa shape index (κ1) is 22.6. The van der Waals surface area contributed by atoms with E-state index < -0.39 is 0 Å². The molecule has 0 nitrogen and oxygen atoms in total. The Balaban J connectivity index is -0.0000000612. The molecule has 0 N–H and O–H groups in total. The van der Waals surface area contributed by atoms with E-state index in [0.717, 1.165) is 5.56 Å². The van der Waals surface area contributed by atoms with Crippen molar-refractivity contribution in [3.05, 3.63) is 42.8 Å². The van der Waals surface area contributed by atoms with Gasteiger partial charge in [0.15, 0.2) is 0 Å². The Bertz CT molecular complexity index is 144. The van der Waals surface area contributed by atoms with Crippen molar-refractivity contribution in [2.45, 2.75) is 0 Å².